The predicted octanol–water partition coefficient (Wildman–Crippen LogP) is -6.44. The molecule has 0 radical (unpaired) electrons. The van der Waals surface area contributed by atoms with Crippen LogP contribution in [0.1, 0.15) is 0 Å². The van der Waals surface area contributed by atoms with Gasteiger partial charge in [-0.05, 0) is 0 Å². The first kappa shape index (κ1) is 24.6. The Morgan fingerprint density at radius 1 is 0.600 bits per heavy atom. The highest BCUT2D eigenvalue weighted by Crippen LogP contribution is 2.10. The lowest BCUT2D eigenvalue weighted by Crippen LogP contribution is -2.53. The van der Waals surface area contributed by atoms with E-state index < -0.39 is 62.0 Å². The van der Waals surface area contributed by atoms with Crippen molar-refractivity contribution in [3.8, 4) is 0 Å². The molecule has 8 atom stereocenters. The van der Waals surface area contributed by atoms with E-state index >= 15 is 0 Å². The van der Waals surface area contributed by atoms with E-state index in [0.29, 0.717) is 0 Å². The maximum atomic E-state index is 9.91. The Labute approximate surface area is 146 Å². The van der Waals surface area contributed by atoms with Crippen LogP contribution >= 0.6 is 0 Å². The van der Waals surface area contributed by atoms with Gasteiger partial charge in [-0.3, -0.25) is 0 Å². The molecule has 0 fully saturated rings. The molecule has 10 N–H and O–H groups in total. The van der Waals surface area contributed by atoms with Crippen LogP contribution in [-0.2, 0) is 0 Å². The summed E-state index contributed by atoms with van der Waals surface area (Å²) in [4.78, 5) is 1.39. The smallest absolute Gasteiger partial charge is 0.201 e. The van der Waals surface area contributed by atoms with Gasteiger partial charge in [0.15, 0.2) is 0 Å². The first-order chi connectivity index (χ1) is 11.6. The quantitative estimate of drug-likeness (QED) is 0.138. The van der Waals surface area contributed by atoms with E-state index in [2.05, 4.69) is 0 Å². The van der Waals surface area contributed by atoms with Gasteiger partial charge in [0.05, 0.1) is 25.4 Å². The molecule has 0 aliphatic rings. The highest BCUT2D eigenvalue weighted by atomic mass is 16.4. The molecule has 25 heavy (non-hydrogen) atoms. The zero-order chi connectivity index (χ0) is 19.7. The third-order valence-electron chi connectivity index (χ3n) is 3.99. The zero-order valence-corrected chi connectivity index (χ0v) is 14.1. The number of rotatable bonds is 13. The second-order valence-corrected chi connectivity index (χ2v) is 5.95. The van der Waals surface area contributed by atoms with Crippen molar-refractivity contribution in [2.24, 2.45) is 0 Å². The van der Waals surface area contributed by atoms with Crippen LogP contribution in [0.2, 0.25) is 6.82 Å². The van der Waals surface area contributed by atoms with E-state index in [4.69, 9.17) is 10.2 Å². The Bertz CT molecular complexity index is 325. The molecule has 0 aliphatic heterocycles. The fourth-order valence-corrected chi connectivity index (χ4v) is 2.20. The molecule has 0 aromatic rings. The van der Waals surface area contributed by atoms with Gasteiger partial charge < -0.3 is 55.9 Å². The zero-order valence-electron chi connectivity index (χ0n) is 14.1. The summed E-state index contributed by atoms with van der Waals surface area (Å²) < 4.78 is 0. The van der Waals surface area contributed by atoms with Gasteiger partial charge in [0.1, 0.15) is 36.6 Å². The standard InChI is InChI=1S/C13H30BNO10/c1-14-15(2-6(18)10(22)12(24)8(20)4-16)3-7(19)11(23)13(25)9(21)5-17/h6-14,16-25H,2-5H2,1H3. The molecule has 12 heteroatoms. The van der Waals surface area contributed by atoms with Crippen LogP contribution in [0.3, 0.4) is 0 Å². The number of nitrogens with zero attached hydrogens (tertiary/aromatic N) is 1. The molecule has 0 rings (SSSR count). The highest BCUT2D eigenvalue weighted by molar-refractivity contribution is 6.29. The van der Waals surface area contributed by atoms with E-state index in [1.807, 2.05) is 0 Å². The second-order valence-electron chi connectivity index (χ2n) is 5.95. The molecule has 11 nitrogen and oxygen atoms in total. The molecule has 0 aromatic carbocycles. The fourth-order valence-electron chi connectivity index (χ4n) is 2.20. The topological polar surface area (TPSA) is 206 Å². The summed E-state index contributed by atoms with van der Waals surface area (Å²) in [5, 5.41) is 94.4. The third-order valence-corrected chi connectivity index (χ3v) is 3.99. The molecule has 0 saturated heterocycles. The fraction of sp³-hybridized carbons (Fsp3) is 1.00. The van der Waals surface area contributed by atoms with Gasteiger partial charge in [-0.15, -0.1) is 0 Å². The van der Waals surface area contributed by atoms with E-state index in [1.165, 1.54) is 4.81 Å². The molecule has 0 spiro atoms. The van der Waals surface area contributed by atoms with E-state index in [9.17, 15) is 40.9 Å². The van der Waals surface area contributed by atoms with E-state index in [1.54, 1.807) is 6.82 Å². The Morgan fingerprint density at radius 2 is 0.880 bits per heavy atom. The van der Waals surface area contributed by atoms with Crippen LogP contribution in [-0.4, -0.2) is 138 Å². The SMILES string of the molecule is CBN(CC(O)C(O)C(O)C(O)CO)CC(O)C(O)C(O)C(O)CO. The summed E-state index contributed by atoms with van der Waals surface area (Å²) in [6.07, 6.45) is -13.4. The summed E-state index contributed by atoms with van der Waals surface area (Å²) in [5.41, 5.74) is 0. The number of hydrogen-bond donors (Lipinski definition) is 10. The Hall–Kier alpha value is -0.375. The summed E-state index contributed by atoms with van der Waals surface area (Å²) >= 11 is 0. The summed E-state index contributed by atoms with van der Waals surface area (Å²) in [5.74, 6) is 0. The van der Waals surface area contributed by atoms with Gasteiger partial charge >= 0.3 is 0 Å². The monoisotopic (exact) mass is 371 g/mol. The van der Waals surface area contributed by atoms with Crippen LogP contribution in [0.25, 0.3) is 0 Å². The molecule has 0 bridgehead atoms. The van der Waals surface area contributed by atoms with Gasteiger partial charge in [-0.2, -0.15) is 0 Å². The molecule has 8 unspecified atom stereocenters. The second kappa shape index (κ2) is 12.1. The van der Waals surface area contributed by atoms with Gasteiger partial charge in [-0.1, -0.05) is 6.82 Å². The molecule has 0 aliphatic carbocycles. The van der Waals surface area contributed by atoms with Crippen molar-refractivity contribution >= 4 is 7.41 Å². The van der Waals surface area contributed by atoms with Crippen molar-refractivity contribution in [2.75, 3.05) is 26.3 Å². The first-order valence-corrected chi connectivity index (χ1v) is 7.99. The van der Waals surface area contributed by atoms with E-state index in [-0.39, 0.29) is 20.5 Å². The van der Waals surface area contributed by atoms with Crippen molar-refractivity contribution < 1.29 is 51.1 Å². The number of hydrogen-bond acceptors (Lipinski definition) is 11. The third kappa shape index (κ3) is 7.80. The Morgan fingerprint density at radius 3 is 1.12 bits per heavy atom. The van der Waals surface area contributed by atoms with Crippen LogP contribution in [0.15, 0.2) is 0 Å². The van der Waals surface area contributed by atoms with Gasteiger partial charge in [-0.25, -0.2) is 0 Å². The van der Waals surface area contributed by atoms with Gasteiger partial charge in [0.25, 0.3) is 0 Å². The van der Waals surface area contributed by atoms with Crippen molar-refractivity contribution in [2.45, 2.75) is 55.7 Å². The summed E-state index contributed by atoms with van der Waals surface area (Å²) in [6, 6.07) is 0. The average molecular weight is 371 g/mol. The average Bonchev–Trinajstić information content (AvgIpc) is 2.62. The molecule has 0 saturated carbocycles. The highest BCUT2D eigenvalue weighted by Gasteiger charge is 2.33. The lowest BCUT2D eigenvalue weighted by molar-refractivity contribution is -0.125. The lowest BCUT2D eigenvalue weighted by Gasteiger charge is -2.33. The maximum Gasteiger partial charge on any atom is 0.201 e. The number of aliphatic hydroxyl groups is 10. The molecular weight excluding hydrogens is 341 g/mol. The lowest BCUT2D eigenvalue weighted by atomic mass is 9.91. The van der Waals surface area contributed by atoms with Crippen molar-refractivity contribution in [1.29, 1.82) is 0 Å². The van der Waals surface area contributed by atoms with Crippen LogP contribution in [0.5, 0.6) is 0 Å². The Balaban J connectivity index is 4.68. The van der Waals surface area contributed by atoms with E-state index in [0.717, 1.165) is 0 Å². The van der Waals surface area contributed by atoms with Crippen molar-refractivity contribution in [1.82, 2.24) is 4.81 Å². The maximum absolute atomic E-state index is 9.91. The van der Waals surface area contributed by atoms with Gasteiger partial charge in [0.2, 0.25) is 7.41 Å². The molecule has 0 heterocycles. The largest absolute Gasteiger partial charge is 0.394 e. The van der Waals surface area contributed by atoms with Gasteiger partial charge in [0, 0.05) is 13.1 Å². The minimum atomic E-state index is -1.78. The summed E-state index contributed by atoms with van der Waals surface area (Å²) in [6.45, 7) is -0.475. The normalized spacial score (nSPS) is 21.9. The summed E-state index contributed by atoms with van der Waals surface area (Å²) in [7, 11) is 0.255. The molecule has 0 amide bonds. The molecule has 0 aromatic heterocycles. The molecule has 150 valence electrons. The van der Waals surface area contributed by atoms with Crippen molar-refractivity contribution in [3.63, 3.8) is 0 Å². The van der Waals surface area contributed by atoms with Crippen LogP contribution in [0, 0.1) is 0 Å². The predicted molar refractivity (Wildman–Crippen MR) is 86.8 cm³/mol. The Kier molecular flexibility index (Phi) is 11.9. The van der Waals surface area contributed by atoms with Crippen LogP contribution < -0.4 is 0 Å². The van der Waals surface area contributed by atoms with Crippen molar-refractivity contribution in [3.05, 3.63) is 0 Å². The first-order valence-electron chi connectivity index (χ1n) is 7.99. The minimum Gasteiger partial charge on any atom is -0.394 e. The number of aliphatic hydroxyl groups excluding tert-OH is 10. The molecular formula is C13H30BNO10. The minimum absolute atomic E-state index is 0.255. The van der Waals surface area contributed by atoms with Crippen LogP contribution in [0.4, 0.5) is 0 Å².